The van der Waals surface area contributed by atoms with Crippen molar-refractivity contribution < 1.29 is 23.1 Å². The number of anilines is 1. The van der Waals surface area contributed by atoms with Gasteiger partial charge in [0.05, 0.1) is 34.0 Å². The molecule has 0 aliphatic heterocycles. The van der Waals surface area contributed by atoms with Crippen LogP contribution in [0.5, 0.6) is 0 Å². The number of carboxylic acids is 1. The van der Waals surface area contributed by atoms with Gasteiger partial charge in [0.15, 0.2) is 0 Å². The summed E-state index contributed by atoms with van der Waals surface area (Å²) < 4.78 is 33.6. The van der Waals surface area contributed by atoms with Crippen LogP contribution < -0.4 is 5.32 Å². The van der Waals surface area contributed by atoms with E-state index >= 15 is 0 Å². The van der Waals surface area contributed by atoms with Crippen LogP contribution in [0.2, 0.25) is 0 Å². The average molecular weight is 476 g/mol. The Labute approximate surface area is 190 Å². The summed E-state index contributed by atoms with van der Waals surface area (Å²) in [4.78, 5) is 23.7. The van der Waals surface area contributed by atoms with Gasteiger partial charge in [0.25, 0.3) is 0 Å². The molecular formula is C21H19F3N6O2S. The molecule has 0 fully saturated rings. The summed E-state index contributed by atoms with van der Waals surface area (Å²) in [6.07, 6.45) is -1.48. The lowest BCUT2D eigenvalue weighted by atomic mass is 10.1. The summed E-state index contributed by atoms with van der Waals surface area (Å²) in [5.41, 5.74) is 6.86. The highest BCUT2D eigenvalue weighted by Crippen LogP contribution is 2.26. The fourth-order valence-corrected chi connectivity index (χ4v) is 3.50. The van der Waals surface area contributed by atoms with E-state index in [4.69, 9.17) is 9.90 Å². The van der Waals surface area contributed by atoms with Gasteiger partial charge in [-0.2, -0.15) is 18.3 Å². The summed E-state index contributed by atoms with van der Waals surface area (Å²) in [7, 11) is 1.91. The van der Waals surface area contributed by atoms with Gasteiger partial charge >= 0.3 is 12.1 Å². The highest BCUT2D eigenvalue weighted by Gasteiger charge is 2.38. The minimum atomic E-state index is -5.08. The largest absolute Gasteiger partial charge is 0.490 e. The zero-order valence-electron chi connectivity index (χ0n) is 17.5. The lowest BCUT2D eigenvalue weighted by molar-refractivity contribution is -0.192. The summed E-state index contributed by atoms with van der Waals surface area (Å²) in [5.74, 6) is -2.16. The van der Waals surface area contributed by atoms with Gasteiger partial charge in [-0.1, -0.05) is 30.3 Å². The van der Waals surface area contributed by atoms with E-state index in [0.717, 1.165) is 33.1 Å². The van der Waals surface area contributed by atoms with Crippen molar-refractivity contribution in [2.45, 2.75) is 19.6 Å². The quantitative estimate of drug-likeness (QED) is 0.435. The molecule has 4 rings (SSSR count). The van der Waals surface area contributed by atoms with Crippen LogP contribution >= 0.6 is 11.3 Å². The van der Waals surface area contributed by atoms with Crippen LogP contribution in [0.4, 0.5) is 19.1 Å². The number of carboxylic acid groups (broad SMARTS) is 1. The van der Waals surface area contributed by atoms with E-state index < -0.39 is 12.1 Å². The highest BCUT2D eigenvalue weighted by atomic mass is 32.1. The van der Waals surface area contributed by atoms with Gasteiger partial charge < -0.3 is 10.4 Å². The topological polar surface area (TPSA) is 106 Å². The van der Waals surface area contributed by atoms with Crippen molar-refractivity contribution in [3.05, 3.63) is 64.7 Å². The van der Waals surface area contributed by atoms with Crippen LogP contribution in [0.3, 0.4) is 0 Å². The molecule has 0 saturated carbocycles. The molecule has 0 bridgehead atoms. The van der Waals surface area contributed by atoms with Gasteiger partial charge in [0, 0.05) is 25.0 Å². The Kier molecular flexibility index (Phi) is 7.38. The smallest absolute Gasteiger partial charge is 0.475 e. The minimum absolute atomic E-state index is 0.596. The Bertz CT molecular complexity index is 1220. The van der Waals surface area contributed by atoms with Crippen LogP contribution in [0.1, 0.15) is 10.4 Å². The lowest BCUT2D eigenvalue weighted by Crippen LogP contribution is -2.21. The van der Waals surface area contributed by atoms with Gasteiger partial charge in [0.1, 0.15) is 0 Å². The van der Waals surface area contributed by atoms with E-state index in [-0.39, 0.29) is 0 Å². The number of aliphatic carboxylic acids is 1. The molecule has 0 unspecified atom stereocenters. The maximum Gasteiger partial charge on any atom is 0.490 e. The molecule has 33 heavy (non-hydrogen) atoms. The van der Waals surface area contributed by atoms with Crippen LogP contribution in [0.25, 0.3) is 22.6 Å². The molecular weight excluding hydrogens is 457 g/mol. The van der Waals surface area contributed by atoms with Crippen molar-refractivity contribution in [1.29, 1.82) is 0 Å². The van der Waals surface area contributed by atoms with Gasteiger partial charge in [-0.15, -0.1) is 11.3 Å². The van der Waals surface area contributed by atoms with Gasteiger partial charge in [-0.05, 0) is 18.6 Å². The van der Waals surface area contributed by atoms with E-state index in [9.17, 15) is 13.2 Å². The van der Waals surface area contributed by atoms with Crippen LogP contribution in [0, 0.1) is 6.92 Å². The number of hydrogen-bond acceptors (Lipinski definition) is 7. The van der Waals surface area contributed by atoms with Gasteiger partial charge in [0.2, 0.25) is 5.95 Å². The minimum Gasteiger partial charge on any atom is -0.475 e. The number of benzene rings is 1. The molecule has 0 saturated heterocycles. The molecule has 1 aromatic carbocycles. The molecule has 2 N–H and O–H groups in total. The van der Waals surface area contributed by atoms with E-state index in [1.54, 1.807) is 17.5 Å². The van der Waals surface area contributed by atoms with Crippen LogP contribution in [-0.2, 0) is 18.4 Å². The fraction of sp³-hybridized carbons (Fsp3) is 0.190. The molecule has 0 radical (unpaired) electrons. The van der Waals surface area contributed by atoms with E-state index in [0.29, 0.717) is 12.5 Å². The molecule has 0 aliphatic carbocycles. The van der Waals surface area contributed by atoms with E-state index in [2.05, 4.69) is 37.5 Å². The molecule has 172 valence electrons. The lowest BCUT2D eigenvalue weighted by Gasteiger charge is -2.09. The average Bonchev–Trinajstić information content (AvgIpc) is 3.42. The molecule has 0 amide bonds. The number of aromatic nitrogens is 5. The second kappa shape index (κ2) is 10.2. The van der Waals surface area contributed by atoms with Crippen molar-refractivity contribution in [2.24, 2.45) is 7.05 Å². The van der Waals surface area contributed by atoms with Crippen LogP contribution in [0.15, 0.2) is 54.3 Å². The molecule has 0 spiro atoms. The number of rotatable bonds is 5. The molecule has 0 atom stereocenters. The van der Waals surface area contributed by atoms with Crippen molar-refractivity contribution in [3.63, 3.8) is 0 Å². The van der Waals surface area contributed by atoms with Crippen molar-refractivity contribution in [1.82, 2.24) is 24.7 Å². The Morgan fingerprint density at radius 1 is 1.15 bits per heavy atom. The number of nitrogens with one attached hydrogen (secondary N) is 1. The number of aryl methyl sites for hydroxylation is 2. The van der Waals surface area contributed by atoms with Crippen molar-refractivity contribution >= 4 is 23.3 Å². The van der Waals surface area contributed by atoms with Crippen LogP contribution in [-0.4, -0.2) is 42.0 Å². The molecule has 3 heterocycles. The third kappa shape index (κ3) is 6.13. The number of hydrogen-bond donors (Lipinski definition) is 2. The Morgan fingerprint density at radius 3 is 2.45 bits per heavy atom. The molecule has 4 aromatic rings. The maximum absolute atomic E-state index is 10.6. The number of carbonyl (C=O) groups is 1. The third-order valence-electron chi connectivity index (χ3n) is 4.37. The van der Waals surface area contributed by atoms with Crippen molar-refractivity contribution in [3.8, 4) is 22.6 Å². The number of halogens is 3. The number of thiazole rings is 1. The molecule has 8 nitrogen and oxygen atoms in total. The third-order valence-corrected chi connectivity index (χ3v) is 5.21. The van der Waals surface area contributed by atoms with Crippen molar-refractivity contribution in [2.75, 3.05) is 5.32 Å². The first-order valence-corrected chi connectivity index (χ1v) is 10.4. The Hall–Kier alpha value is -3.80. The summed E-state index contributed by atoms with van der Waals surface area (Å²) in [6, 6.07) is 12.1. The summed E-state index contributed by atoms with van der Waals surface area (Å²) >= 11 is 1.63. The molecule has 12 heteroatoms. The van der Waals surface area contributed by atoms with E-state index in [1.807, 2.05) is 54.6 Å². The normalized spacial score (nSPS) is 10.9. The fourth-order valence-electron chi connectivity index (χ4n) is 2.78. The zero-order valence-corrected chi connectivity index (χ0v) is 18.4. The second-order valence-corrected chi connectivity index (χ2v) is 7.65. The summed E-state index contributed by atoms with van der Waals surface area (Å²) in [5, 5.41) is 14.7. The first-order valence-electron chi connectivity index (χ1n) is 9.50. The first kappa shape index (κ1) is 23.9. The predicted octanol–water partition coefficient (Wildman–Crippen LogP) is 4.55. The standard InChI is InChI=1S/C19H18N6S.C2HF3O2/c1-13-10-20-19(24-17(13)15-8-9-23-25(15)2)21-11-16-18(22-12-26-16)14-6-4-3-5-7-14;3-2(4,5)1(6)7/h3-10,12H,11H2,1-2H3,(H,20,21,24);(H,6,7). The monoisotopic (exact) mass is 476 g/mol. The maximum atomic E-state index is 10.6. The second-order valence-electron chi connectivity index (χ2n) is 6.71. The molecule has 3 aromatic heterocycles. The first-order chi connectivity index (χ1) is 15.7. The predicted molar refractivity (Wildman–Crippen MR) is 118 cm³/mol. The summed E-state index contributed by atoms with van der Waals surface area (Å²) in [6.45, 7) is 2.63. The number of nitrogens with zero attached hydrogens (tertiary/aromatic N) is 5. The Morgan fingerprint density at radius 2 is 1.85 bits per heavy atom. The zero-order chi connectivity index (χ0) is 24.0. The Balaban J connectivity index is 0.000000383. The van der Waals surface area contributed by atoms with Gasteiger partial charge in [-0.3, -0.25) is 4.68 Å². The highest BCUT2D eigenvalue weighted by molar-refractivity contribution is 7.10. The molecule has 0 aliphatic rings. The number of alkyl halides is 3. The van der Waals surface area contributed by atoms with E-state index in [1.165, 1.54) is 0 Å². The SMILES string of the molecule is Cc1cnc(NCc2scnc2-c2ccccc2)nc1-c1ccnn1C.O=C(O)C(F)(F)F. The van der Waals surface area contributed by atoms with Gasteiger partial charge in [-0.25, -0.2) is 19.7 Å².